The van der Waals surface area contributed by atoms with Crippen molar-refractivity contribution in [1.82, 2.24) is 0 Å². The van der Waals surface area contributed by atoms with Crippen LogP contribution in [0.15, 0.2) is 18.2 Å². The van der Waals surface area contributed by atoms with Crippen LogP contribution in [0.1, 0.15) is 37.8 Å². The van der Waals surface area contributed by atoms with Crippen molar-refractivity contribution < 1.29 is 4.39 Å². The predicted molar refractivity (Wildman–Crippen MR) is 65.1 cm³/mol. The second-order valence-electron chi connectivity index (χ2n) is 4.51. The topological polar surface area (TPSA) is 29.3 Å². The van der Waals surface area contributed by atoms with Crippen molar-refractivity contribution in [2.24, 2.45) is 5.73 Å². The summed E-state index contributed by atoms with van der Waals surface area (Å²) in [5.41, 5.74) is 7.49. The molecule has 0 radical (unpaired) electrons. The van der Waals surface area contributed by atoms with Crippen LogP contribution in [0.2, 0.25) is 0 Å². The summed E-state index contributed by atoms with van der Waals surface area (Å²) < 4.78 is 13.7. The predicted octanol–water partition coefficient (Wildman–Crippen LogP) is 2.84. The Balaban J connectivity index is 2.34. The molecule has 1 aromatic carbocycles. The molecule has 0 bridgehead atoms. The van der Waals surface area contributed by atoms with Crippen LogP contribution < -0.4 is 10.6 Å². The summed E-state index contributed by atoms with van der Waals surface area (Å²) >= 11 is 0. The van der Waals surface area contributed by atoms with Gasteiger partial charge in [-0.05, 0) is 38.3 Å². The van der Waals surface area contributed by atoms with Crippen LogP contribution in [0.4, 0.5) is 10.1 Å². The van der Waals surface area contributed by atoms with Crippen molar-refractivity contribution >= 4 is 5.69 Å². The minimum absolute atomic E-state index is 0.182. The molecule has 1 atom stereocenters. The van der Waals surface area contributed by atoms with Gasteiger partial charge in [0.05, 0.1) is 0 Å². The molecular weight excluding hydrogens is 203 g/mol. The standard InChI is InChI=1S/C13H19FN2/c1-10(15)13-11(14)6-5-7-12(13)16-8-3-2-4-9-16/h5-7,10H,2-4,8-9,15H2,1H3/t10-/m1/s1. The quantitative estimate of drug-likeness (QED) is 0.833. The second-order valence-corrected chi connectivity index (χ2v) is 4.51. The van der Waals surface area contributed by atoms with Crippen LogP contribution >= 0.6 is 0 Å². The Labute approximate surface area is 96.2 Å². The molecule has 0 aromatic heterocycles. The van der Waals surface area contributed by atoms with Gasteiger partial charge in [0, 0.05) is 30.4 Å². The van der Waals surface area contributed by atoms with Gasteiger partial charge in [-0.2, -0.15) is 0 Å². The minimum Gasteiger partial charge on any atom is -0.371 e. The highest BCUT2D eigenvalue weighted by Crippen LogP contribution is 2.29. The fourth-order valence-electron chi connectivity index (χ4n) is 2.39. The van der Waals surface area contributed by atoms with E-state index in [1.165, 1.54) is 25.3 Å². The van der Waals surface area contributed by atoms with Gasteiger partial charge in [0.2, 0.25) is 0 Å². The van der Waals surface area contributed by atoms with E-state index in [1.54, 1.807) is 6.07 Å². The molecule has 0 spiro atoms. The molecule has 2 rings (SSSR count). The number of anilines is 1. The molecule has 0 aliphatic carbocycles. The van der Waals surface area contributed by atoms with Crippen molar-refractivity contribution in [3.05, 3.63) is 29.6 Å². The zero-order valence-electron chi connectivity index (χ0n) is 9.75. The summed E-state index contributed by atoms with van der Waals surface area (Å²) in [6.45, 7) is 3.87. The molecular formula is C13H19FN2. The summed E-state index contributed by atoms with van der Waals surface area (Å²) in [7, 11) is 0. The van der Waals surface area contributed by atoms with Crippen LogP contribution in [0.5, 0.6) is 0 Å². The lowest BCUT2D eigenvalue weighted by Gasteiger charge is -2.31. The summed E-state index contributed by atoms with van der Waals surface area (Å²) in [4.78, 5) is 2.26. The van der Waals surface area contributed by atoms with E-state index in [0.29, 0.717) is 5.56 Å². The van der Waals surface area contributed by atoms with Crippen molar-refractivity contribution in [3.8, 4) is 0 Å². The Morgan fingerprint density at radius 1 is 1.25 bits per heavy atom. The molecule has 88 valence electrons. The lowest BCUT2D eigenvalue weighted by molar-refractivity contribution is 0.561. The Morgan fingerprint density at radius 3 is 2.56 bits per heavy atom. The summed E-state index contributed by atoms with van der Waals surface area (Å²) in [6.07, 6.45) is 3.66. The summed E-state index contributed by atoms with van der Waals surface area (Å²) in [6, 6.07) is 4.99. The number of nitrogens with zero attached hydrogens (tertiary/aromatic N) is 1. The van der Waals surface area contributed by atoms with Crippen LogP contribution in [-0.4, -0.2) is 13.1 Å². The molecule has 1 aromatic rings. The minimum atomic E-state index is -0.252. The zero-order valence-corrected chi connectivity index (χ0v) is 9.75. The fraction of sp³-hybridized carbons (Fsp3) is 0.538. The van der Waals surface area contributed by atoms with Gasteiger partial charge in [0.15, 0.2) is 0 Å². The van der Waals surface area contributed by atoms with Crippen molar-refractivity contribution in [2.45, 2.75) is 32.2 Å². The van der Waals surface area contributed by atoms with E-state index >= 15 is 0 Å². The lowest BCUT2D eigenvalue weighted by Crippen LogP contribution is -2.31. The van der Waals surface area contributed by atoms with E-state index < -0.39 is 0 Å². The first-order chi connectivity index (χ1) is 7.70. The number of halogens is 1. The van der Waals surface area contributed by atoms with Crippen molar-refractivity contribution in [3.63, 3.8) is 0 Å². The molecule has 1 aliphatic rings. The van der Waals surface area contributed by atoms with Crippen molar-refractivity contribution in [2.75, 3.05) is 18.0 Å². The van der Waals surface area contributed by atoms with E-state index in [4.69, 9.17) is 5.73 Å². The van der Waals surface area contributed by atoms with Gasteiger partial charge < -0.3 is 10.6 Å². The monoisotopic (exact) mass is 222 g/mol. The molecule has 0 saturated carbocycles. The second kappa shape index (κ2) is 4.83. The van der Waals surface area contributed by atoms with Crippen LogP contribution in [-0.2, 0) is 0 Å². The third-order valence-electron chi connectivity index (χ3n) is 3.18. The van der Waals surface area contributed by atoms with Crippen molar-refractivity contribution in [1.29, 1.82) is 0 Å². The lowest BCUT2D eigenvalue weighted by atomic mass is 10.0. The summed E-state index contributed by atoms with van der Waals surface area (Å²) in [5.74, 6) is -0.182. The third-order valence-corrected chi connectivity index (χ3v) is 3.18. The molecule has 0 amide bonds. The smallest absolute Gasteiger partial charge is 0.130 e. The van der Waals surface area contributed by atoms with Crippen LogP contribution in [0, 0.1) is 5.82 Å². The highest BCUT2D eigenvalue weighted by molar-refractivity contribution is 5.55. The first kappa shape index (κ1) is 11.4. The maximum atomic E-state index is 13.7. The van der Waals surface area contributed by atoms with E-state index in [9.17, 15) is 4.39 Å². The average Bonchev–Trinajstić information content (AvgIpc) is 2.29. The molecule has 16 heavy (non-hydrogen) atoms. The first-order valence-corrected chi connectivity index (χ1v) is 5.99. The van der Waals surface area contributed by atoms with Gasteiger partial charge in [-0.3, -0.25) is 0 Å². The Bertz CT molecular complexity index is 357. The number of nitrogens with two attached hydrogens (primary N) is 1. The van der Waals surface area contributed by atoms with Gasteiger partial charge in [-0.15, -0.1) is 0 Å². The Morgan fingerprint density at radius 2 is 1.94 bits per heavy atom. The average molecular weight is 222 g/mol. The summed E-state index contributed by atoms with van der Waals surface area (Å²) in [5, 5.41) is 0. The molecule has 1 saturated heterocycles. The zero-order chi connectivity index (χ0) is 11.5. The van der Waals surface area contributed by atoms with E-state index in [2.05, 4.69) is 4.90 Å². The van der Waals surface area contributed by atoms with Gasteiger partial charge in [0.1, 0.15) is 5.82 Å². The number of rotatable bonds is 2. The number of hydrogen-bond acceptors (Lipinski definition) is 2. The van der Waals surface area contributed by atoms with Gasteiger partial charge in [-0.25, -0.2) is 4.39 Å². The molecule has 1 heterocycles. The van der Waals surface area contributed by atoms with E-state index in [0.717, 1.165) is 18.8 Å². The Kier molecular flexibility index (Phi) is 3.44. The normalized spacial score (nSPS) is 18.6. The molecule has 0 unspecified atom stereocenters. The van der Waals surface area contributed by atoms with Gasteiger partial charge in [-0.1, -0.05) is 6.07 Å². The fourth-order valence-corrected chi connectivity index (χ4v) is 2.39. The number of hydrogen-bond donors (Lipinski definition) is 1. The van der Waals surface area contributed by atoms with Crippen LogP contribution in [0.3, 0.4) is 0 Å². The molecule has 2 nitrogen and oxygen atoms in total. The van der Waals surface area contributed by atoms with Gasteiger partial charge >= 0.3 is 0 Å². The molecule has 1 fully saturated rings. The molecule has 3 heteroatoms. The Hall–Kier alpha value is -1.09. The number of benzene rings is 1. The maximum Gasteiger partial charge on any atom is 0.130 e. The third kappa shape index (κ3) is 2.19. The number of piperidine rings is 1. The highest BCUT2D eigenvalue weighted by Gasteiger charge is 2.18. The SMILES string of the molecule is C[C@@H](N)c1c(F)cccc1N1CCCCC1. The van der Waals surface area contributed by atoms with Gasteiger partial charge in [0.25, 0.3) is 0 Å². The maximum absolute atomic E-state index is 13.7. The largest absolute Gasteiger partial charge is 0.371 e. The van der Waals surface area contributed by atoms with Crippen LogP contribution in [0.25, 0.3) is 0 Å². The molecule has 1 aliphatic heterocycles. The van der Waals surface area contributed by atoms with E-state index in [-0.39, 0.29) is 11.9 Å². The van der Waals surface area contributed by atoms with E-state index in [1.807, 2.05) is 13.0 Å². The highest BCUT2D eigenvalue weighted by atomic mass is 19.1. The molecule has 2 N–H and O–H groups in total. The first-order valence-electron chi connectivity index (χ1n) is 5.99.